The van der Waals surface area contributed by atoms with Gasteiger partial charge >= 0.3 is 0 Å². The van der Waals surface area contributed by atoms with E-state index in [-0.39, 0.29) is 5.54 Å². The number of benzene rings is 1. The highest BCUT2D eigenvalue weighted by Gasteiger charge is 2.33. The second-order valence-electron chi connectivity index (χ2n) is 5.64. The minimum absolute atomic E-state index is 0.184. The molecule has 0 spiro atoms. The molecule has 0 N–H and O–H groups in total. The van der Waals surface area contributed by atoms with E-state index < -0.39 is 0 Å². The Labute approximate surface area is 123 Å². The average Bonchev–Trinajstić information content (AvgIpc) is 2.93. The first kappa shape index (κ1) is 13.3. The van der Waals surface area contributed by atoms with E-state index in [4.69, 9.17) is 28.2 Å². The minimum atomic E-state index is 0.184. The molecule has 0 saturated heterocycles. The van der Waals surface area contributed by atoms with Gasteiger partial charge in [0.25, 0.3) is 0 Å². The Balaban J connectivity index is 2.21. The van der Waals surface area contributed by atoms with Crippen molar-refractivity contribution in [1.29, 1.82) is 0 Å². The van der Waals surface area contributed by atoms with Crippen LogP contribution in [0.4, 0.5) is 0 Å². The van der Waals surface area contributed by atoms with Crippen LogP contribution in [0.1, 0.15) is 38.4 Å². The molecule has 0 aliphatic heterocycles. The van der Waals surface area contributed by atoms with Crippen LogP contribution in [0.3, 0.4) is 0 Å². The van der Waals surface area contributed by atoms with Crippen LogP contribution in [-0.4, -0.2) is 15.4 Å². The number of nitrogens with zero attached hydrogens (tertiary/aromatic N) is 2. The topological polar surface area (TPSA) is 17.8 Å². The lowest BCUT2D eigenvalue weighted by molar-refractivity contribution is 0.329. The van der Waals surface area contributed by atoms with Crippen LogP contribution in [0.2, 0.25) is 5.02 Å². The Morgan fingerprint density at radius 3 is 2.74 bits per heavy atom. The highest BCUT2D eigenvalue weighted by molar-refractivity contribution is 6.31. The van der Waals surface area contributed by atoms with Gasteiger partial charge in [0, 0.05) is 22.9 Å². The van der Waals surface area contributed by atoms with Crippen molar-refractivity contribution in [2.45, 2.75) is 44.6 Å². The number of hydrogen-bond donors (Lipinski definition) is 0. The van der Waals surface area contributed by atoms with Crippen molar-refractivity contribution in [2.24, 2.45) is 0 Å². The summed E-state index contributed by atoms with van der Waals surface area (Å²) in [5.41, 5.74) is 2.36. The molecule has 19 heavy (non-hydrogen) atoms. The predicted octanol–water partition coefficient (Wildman–Crippen LogP) is 4.76. The molecule has 1 aliphatic rings. The lowest BCUT2D eigenvalue weighted by Gasteiger charge is -2.28. The Morgan fingerprint density at radius 1 is 1.32 bits per heavy atom. The predicted molar refractivity (Wildman–Crippen MR) is 81.3 cm³/mol. The Hall–Kier alpha value is -0.730. The summed E-state index contributed by atoms with van der Waals surface area (Å²) in [5.74, 6) is 1.70. The Kier molecular flexibility index (Phi) is 3.48. The number of alkyl halides is 1. The van der Waals surface area contributed by atoms with E-state index in [9.17, 15) is 0 Å². The first-order valence-electron chi connectivity index (χ1n) is 6.87. The maximum absolute atomic E-state index is 6.08. The molecule has 2 nitrogen and oxygen atoms in total. The van der Waals surface area contributed by atoms with Gasteiger partial charge in [0.05, 0.1) is 11.0 Å². The summed E-state index contributed by atoms with van der Waals surface area (Å²) < 4.78 is 2.41. The maximum Gasteiger partial charge on any atom is 0.111 e. The fourth-order valence-electron chi connectivity index (χ4n) is 3.32. The fraction of sp³-hybridized carbons (Fsp3) is 0.533. The quantitative estimate of drug-likeness (QED) is 0.747. The summed E-state index contributed by atoms with van der Waals surface area (Å²) in [4.78, 5) is 4.75. The first-order valence-corrected chi connectivity index (χ1v) is 7.79. The summed E-state index contributed by atoms with van der Waals surface area (Å²) in [7, 11) is 0. The normalized spacial score (nSPS) is 18.3. The van der Waals surface area contributed by atoms with E-state index in [0.717, 1.165) is 22.8 Å². The number of hydrogen-bond acceptors (Lipinski definition) is 1. The van der Waals surface area contributed by atoms with Crippen molar-refractivity contribution >= 4 is 34.2 Å². The standard InChI is InChI=1S/C15H18Cl2N2/c1-15(7-2-3-8-15)19-13-5-4-11(17)10-12(13)18-14(19)6-9-16/h4-5,10H,2-3,6-9H2,1H3. The second kappa shape index (κ2) is 4.99. The van der Waals surface area contributed by atoms with E-state index in [1.54, 1.807) is 0 Å². The van der Waals surface area contributed by atoms with Crippen molar-refractivity contribution in [3.63, 3.8) is 0 Å². The molecule has 2 aromatic rings. The van der Waals surface area contributed by atoms with Gasteiger partial charge in [-0.2, -0.15) is 0 Å². The van der Waals surface area contributed by atoms with Gasteiger partial charge in [-0.1, -0.05) is 24.4 Å². The second-order valence-corrected chi connectivity index (χ2v) is 6.45. The van der Waals surface area contributed by atoms with Crippen molar-refractivity contribution in [3.05, 3.63) is 29.0 Å². The van der Waals surface area contributed by atoms with Gasteiger partial charge in [-0.25, -0.2) is 4.98 Å². The van der Waals surface area contributed by atoms with E-state index >= 15 is 0 Å². The van der Waals surface area contributed by atoms with Gasteiger partial charge in [0.2, 0.25) is 0 Å². The molecule has 0 radical (unpaired) electrons. The molecular weight excluding hydrogens is 279 g/mol. The molecule has 0 bridgehead atoms. The van der Waals surface area contributed by atoms with Crippen molar-refractivity contribution in [2.75, 3.05) is 5.88 Å². The molecule has 102 valence electrons. The zero-order valence-corrected chi connectivity index (χ0v) is 12.6. The lowest BCUT2D eigenvalue weighted by Crippen LogP contribution is -2.28. The highest BCUT2D eigenvalue weighted by Crippen LogP contribution is 2.39. The third-order valence-electron chi connectivity index (χ3n) is 4.22. The number of fused-ring (bicyclic) bond motifs is 1. The molecule has 3 rings (SSSR count). The number of imidazole rings is 1. The van der Waals surface area contributed by atoms with Crippen LogP contribution in [0.25, 0.3) is 11.0 Å². The van der Waals surface area contributed by atoms with E-state index in [1.807, 2.05) is 12.1 Å². The zero-order valence-electron chi connectivity index (χ0n) is 11.1. The molecule has 1 fully saturated rings. The summed E-state index contributed by atoms with van der Waals surface area (Å²) in [6.07, 6.45) is 5.84. The van der Waals surface area contributed by atoms with Crippen molar-refractivity contribution < 1.29 is 0 Å². The van der Waals surface area contributed by atoms with Gasteiger partial charge in [0.1, 0.15) is 5.82 Å². The molecule has 4 heteroatoms. The van der Waals surface area contributed by atoms with Crippen molar-refractivity contribution in [1.82, 2.24) is 9.55 Å². The zero-order chi connectivity index (χ0) is 13.5. The SMILES string of the molecule is CC1(n2c(CCCl)nc3cc(Cl)ccc32)CCCC1. The maximum atomic E-state index is 6.08. The third kappa shape index (κ3) is 2.25. The molecule has 0 atom stereocenters. The highest BCUT2D eigenvalue weighted by atomic mass is 35.5. The van der Waals surface area contributed by atoms with Gasteiger partial charge in [-0.3, -0.25) is 0 Å². The minimum Gasteiger partial charge on any atom is -0.322 e. The number of aryl methyl sites for hydroxylation is 1. The van der Waals surface area contributed by atoms with Crippen LogP contribution in [0.5, 0.6) is 0 Å². The van der Waals surface area contributed by atoms with E-state index in [0.29, 0.717) is 5.88 Å². The number of aromatic nitrogens is 2. The molecule has 1 saturated carbocycles. The van der Waals surface area contributed by atoms with Crippen LogP contribution in [0, 0.1) is 0 Å². The molecule has 1 aromatic heterocycles. The molecule has 0 unspecified atom stereocenters. The molecule has 0 amide bonds. The third-order valence-corrected chi connectivity index (χ3v) is 4.65. The van der Waals surface area contributed by atoms with Crippen LogP contribution < -0.4 is 0 Å². The van der Waals surface area contributed by atoms with Crippen LogP contribution in [-0.2, 0) is 12.0 Å². The van der Waals surface area contributed by atoms with Gasteiger partial charge in [-0.05, 0) is 38.0 Å². The van der Waals surface area contributed by atoms with E-state index in [2.05, 4.69) is 17.6 Å². The molecule has 1 heterocycles. The van der Waals surface area contributed by atoms with Gasteiger partial charge in [-0.15, -0.1) is 11.6 Å². The van der Waals surface area contributed by atoms with Gasteiger partial charge < -0.3 is 4.57 Å². The molecule has 1 aromatic carbocycles. The summed E-state index contributed by atoms with van der Waals surface area (Å²) >= 11 is 12.0. The average molecular weight is 297 g/mol. The van der Waals surface area contributed by atoms with E-state index in [1.165, 1.54) is 31.2 Å². The monoisotopic (exact) mass is 296 g/mol. The Morgan fingerprint density at radius 2 is 2.05 bits per heavy atom. The van der Waals surface area contributed by atoms with Crippen LogP contribution >= 0.6 is 23.2 Å². The number of halogens is 2. The Bertz CT molecular complexity index is 597. The summed E-state index contributed by atoms with van der Waals surface area (Å²) in [6, 6.07) is 5.99. The van der Waals surface area contributed by atoms with Crippen LogP contribution in [0.15, 0.2) is 18.2 Å². The molecule has 1 aliphatic carbocycles. The summed E-state index contributed by atoms with van der Waals surface area (Å²) in [6.45, 7) is 2.34. The first-order chi connectivity index (χ1) is 9.14. The van der Waals surface area contributed by atoms with Gasteiger partial charge in [0.15, 0.2) is 0 Å². The number of rotatable bonds is 3. The summed E-state index contributed by atoms with van der Waals surface area (Å²) in [5, 5.41) is 0.742. The lowest BCUT2D eigenvalue weighted by atomic mass is 9.99. The van der Waals surface area contributed by atoms with Crippen molar-refractivity contribution in [3.8, 4) is 0 Å². The smallest absolute Gasteiger partial charge is 0.111 e. The molecular formula is C15H18Cl2N2. The fourth-order valence-corrected chi connectivity index (χ4v) is 3.65. The largest absolute Gasteiger partial charge is 0.322 e.